The summed E-state index contributed by atoms with van der Waals surface area (Å²) < 4.78 is 19.1. The summed E-state index contributed by atoms with van der Waals surface area (Å²) >= 11 is 6.87. The second-order valence-corrected chi connectivity index (χ2v) is 6.77. The van der Waals surface area contributed by atoms with Crippen molar-refractivity contribution >= 4 is 39.1 Å². The number of nitrogens with one attached hydrogen (secondary N) is 1. The molecule has 8 heteroatoms. The van der Waals surface area contributed by atoms with E-state index in [1.165, 1.54) is 6.07 Å². The fourth-order valence-electron chi connectivity index (χ4n) is 2.53. The molecule has 2 heterocycles. The van der Waals surface area contributed by atoms with Crippen LogP contribution < -0.4 is 5.56 Å². The number of H-pyrrole nitrogens is 1. The number of benzene rings is 1. The summed E-state index contributed by atoms with van der Waals surface area (Å²) in [6, 6.07) is 4.66. The average Bonchev–Trinajstić information content (AvgIpc) is 2.89. The lowest BCUT2D eigenvalue weighted by molar-refractivity contribution is 0.0531. The summed E-state index contributed by atoms with van der Waals surface area (Å²) in [6.45, 7) is 3.64. The van der Waals surface area contributed by atoms with Crippen molar-refractivity contribution in [2.75, 3.05) is 6.61 Å². The molecule has 2 aromatic heterocycles. The third-order valence-corrected chi connectivity index (χ3v) is 5.16. The van der Waals surface area contributed by atoms with Crippen LogP contribution in [0.2, 0.25) is 5.02 Å². The minimum Gasteiger partial charge on any atom is -0.462 e. The number of aryl methyl sites for hydroxylation is 1. The summed E-state index contributed by atoms with van der Waals surface area (Å²) in [5.41, 5.74) is 0.494. The van der Waals surface area contributed by atoms with Crippen LogP contribution in [0.25, 0.3) is 10.2 Å². The van der Waals surface area contributed by atoms with Crippen LogP contribution in [-0.2, 0) is 11.2 Å². The van der Waals surface area contributed by atoms with Crippen molar-refractivity contribution in [1.29, 1.82) is 0 Å². The summed E-state index contributed by atoms with van der Waals surface area (Å²) in [5, 5.41) is 0.362. The van der Waals surface area contributed by atoms with E-state index < -0.39 is 11.8 Å². The number of hydrogen-bond donors (Lipinski definition) is 1. The first kappa shape index (κ1) is 17.6. The van der Waals surface area contributed by atoms with Gasteiger partial charge in [0.2, 0.25) is 0 Å². The first-order valence-corrected chi connectivity index (χ1v) is 8.74. The Morgan fingerprint density at radius 3 is 2.92 bits per heavy atom. The van der Waals surface area contributed by atoms with Gasteiger partial charge in [-0.3, -0.25) is 4.79 Å². The van der Waals surface area contributed by atoms with E-state index in [-0.39, 0.29) is 23.6 Å². The molecule has 0 aliphatic carbocycles. The molecule has 3 aromatic rings. The molecule has 0 fully saturated rings. The van der Waals surface area contributed by atoms with Crippen molar-refractivity contribution in [3.05, 3.63) is 61.2 Å². The Bertz CT molecular complexity index is 1030. The molecule has 0 aliphatic rings. The lowest BCUT2D eigenvalue weighted by Gasteiger charge is -2.04. The predicted molar refractivity (Wildman–Crippen MR) is 95.2 cm³/mol. The number of halogens is 2. The summed E-state index contributed by atoms with van der Waals surface area (Å²) in [4.78, 5) is 32.2. The molecule has 0 amide bonds. The monoisotopic (exact) mass is 380 g/mol. The molecular weight excluding hydrogens is 367 g/mol. The highest BCUT2D eigenvalue weighted by molar-refractivity contribution is 7.20. The van der Waals surface area contributed by atoms with Gasteiger partial charge < -0.3 is 9.72 Å². The predicted octanol–water partition coefficient (Wildman–Crippen LogP) is 3.85. The second kappa shape index (κ2) is 6.93. The number of aromatic amines is 1. The van der Waals surface area contributed by atoms with Crippen molar-refractivity contribution in [2.45, 2.75) is 20.3 Å². The van der Waals surface area contributed by atoms with Gasteiger partial charge in [0.05, 0.1) is 17.0 Å². The third-order valence-electron chi connectivity index (χ3n) is 3.70. The maximum absolute atomic E-state index is 14.1. The number of thiophene rings is 1. The van der Waals surface area contributed by atoms with Crippen molar-refractivity contribution < 1.29 is 13.9 Å². The number of ether oxygens (including phenoxy) is 1. The number of aromatic nitrogens is 2. The van der Waals surface area contributed by atoms with E-state index >= 15 is 0 Å². The van der Waals surface area contributed by atoms with Gasteiger partial charge in [0.15, 0.2) is 0 Å². The van der Waals surface area contributed by atoms with E-state index in [2.05, 4.69) is 9.97 Å². The normalized spacial score (nSPS) is 11.0. The van der Waals surface area contributed by atoms with E-state index in [1.54, 1.807) is 26.0 Å². The van der Waals surface area contributed by atoms with Crippen LogP contribution in [0.3, 0.4) is 0 Å². The van der Waals surface area contributed by atoms with Gasteiger partial charge in [0, 0.05) is 6.42 Å². The smallest absolute Gasteiger partial charge is 0.348 e. The second-order valence-electron chi connectivity index (χ2n) is 5.36. The van der Waals surface area contributed by atoms with Crippen molar-refractivity contribution in [3.8, 4) is 0 Å². The molecule has 0 aliphatic heterocycles. The fraction of sp³-hybridized carbons (Fsp3) is 0.235. The Morgan fingerprint density at radius 2 is 2.20 bits per heavy atom. The number of carbonyl (C=O) groups is 1. The van der Waals surface area contributed by atoms with Crippen LogP contribution in [0, 0.1) is 12.7 Å². The standard InChI is InChI=1S/C17H14ClFN2O3S/c1-3-24-17(23)14-8(2)12-15(22)20-11(21-16(12)25-14)7-9-5-4-6-10(18)13(9)19/h4-6H,3,7H2,1-2H3,(H,20,21,22). The number of nitrogens with zero attached hydrogens (tertiary/aromatic N) is 1. The molecule has 1 N–H and O–H groups in total. The largest absolute Gasteiger partial charge is 0.462 e. The minimum atomic E-state index is -0.540. The van der Waals surface area contributed by atoms with Crippen LogP contribution in [0.15, 0.2) is 23.0 Å². The molecule has 0 saturated carbocycles. The molecule has 0 unspecified atom stereocenters. The first-order chi connectivity index (χ1) is 11.9. The van der Waals surface area contributed by atoms with Crippen LogP contribution in [0.1, 0.15) is 33.5 Å². The Hall–Kier alpha value is -2.25. The zero-order chi connectivity index (χ0) is 18.1. The van der Waals surface area contributed by atoms with Gasteiger partial charge in [-0.1, -0.05) is 23.7 Å². The van der Waals surface area contributed by atoms with Gasteiger partial charge in [-0.25, -0.2) is 14.2 Å². The molecule has 1 aromatic carbocycles. The topological polar surface area (TPSA) is 72.0 Å². The molecule has 0 spiro atoms. The number of fused-ring (bicyclic) bond motifs is 1. The number of rotatable bonds is 4. The lowest BCUT2D eigenvalue weighted by Crippen LogP contribution is -2.12. The number of esters is 1. The molecule has 0 bridgehead atoms. The van der Waals surface area contributed by atoms with E-state index in [9.17, 15) is 14.0 Å². The molecule has 25 heavy (non-hydrogen) atoms. The number of hydrogen-bond acceptors (Lipinski definition) is 5. The molecule has 130 valence electrons. The maximum atomic E-state index is 14.1. The lowest BCUT2D eigenvalue weighted by atomic mass is 10.1. The molecule has 3 rings (SSSR count). The van der Waals surface area contributed by atoms with Crippen LogP contribution in [-0.4, -0.2) is 22.5 Å². The third kappa shape index (κ3) is 3.29. The van der Waals surface area contributed by atoms with E-state index in [0.717, 1.165) is 11.3 Å². The first-order valence-electron chi connectivity index (χ1n) is 7.54. The quantitative estimate of drug-likeness (QED) is 0.698. The highest BCUT2D eigenvalue weighted by atomic mass is 35.5. The minimum absolute atomic E-state index is 0.0116. The zero-order valence-corrected chi connectivity index (χ0v) is 15.1. The molecule has 0 atom stereocenters. The summed E-state index contributed by atoms with van der Waals surface area (Å²) in [7, 11) is 0. The highest BCUT2D eigenvalue weighted by Crippen LogP contribution is 2.28. The highest BCUT2D eigenvalue weighted by Gasteiger charge is 2.20. The van der Waals surface area contributed by atoms with E-state index in [1.807, 2.05) is 0 Å². The van der Waals surface area contributed by atoms with Crippen molar-refractivity contribution in [2.24, 2.45) is 0 Å². The van der Waals surface area contributed by atoms with Gasteiger partial charge >= 0.3 is 5.97 Å². The van der Waals surface area contributed by atoms with Gasteiger partial charge in [-0.2, -0.15) is 0 Å². The molecule has 0 saturated heterocycles. The fourth-order valence-corrected chi connectivity index (χ4v) is 3.82. The van der Waals surface area contributed by atoms with Crippen molar-refractivity contribution in [1.82, 2.24) is 9.97 Å². The average molecular weight is 381 g/mol. The van der Waals surface area contributed by atoms with Gasteiger partial charge in [-0.05, 0) is 31.0 Å². The maximum Gasteiger partial charge on any atom is 0.348 e. The molecule has 5 nitrogen and oxygen atoms in total. The van der Waals surface area contributed by atoms with Crippen LogP contribution >= 0.6 is 22.9 Å². The Balaban J connectivity index is 2.06. The SMILES string of the molecule is CCOC(=O)c1sc2nc(Cc3cccc(Cl)c3F)[nH]c(=O)c2c1C. The molecule has 0 radical (unpaired) electrons. The van der Waals surface area contributed by atoms with E-state index in [4.69, 9.17) is 16.3 Å². The van der Waals surface area contributed by atoms with Gasteiger partial charge in [0.25, 0.3) is 5.56 Å². The van der Waals surface area contributed by atoms with Crippen LogP contribution in [0.5, 0.6) is 0 Å². The van der Waals surface area contributed by atoms with Gasteiger partial charge in [-0.15, -0.1) is 11.3 Å². The van der Waals surface area contributed by atoms with Crippen molar-refractivity contribution in [3.63, 3.8) is 0 Å². The number of carbonyl (C=O) groups excluding carboxylic acids is 1. The van der Waals surface area contributed by atoms with Gasteiger partial charge in [0.1, 0.15) is 21.3 Å². The van der Waals surface area contributed by atoms with Crippen LogP contribution in [0.4, 0.5) is 4.39 Å². The summed E-state index contributed by atoms with van der Waals surface area (Å²) in [6.07, 6.45) is 0.0866. The van der Waals surface area contributed by atoms with E-state index in [0.29, 0.717) is 32.0 Å². The zero-order valence-electron chi connectivity index (χ0n) is 13.5. The Morgan fingerprint density at radius 1 is 1.44 bits per heavy atom. The molecular formula is C17H14ClFN2O3S. The Labute approximate surface area is 151 Å². The summed E-state index contributed by atoms with van der Waals surface area (Å²) in [5.74, 6) is -0.721. The Kier molecular flexibility index (Phi) is 4.87.